The first kappa shape index (κ1) is 13.5. The lowest BCUT2D eigenvalue weighted by Crippen LogP contribution is -1.80. The fourth-order valence-electron chi connectivity index (χ4n) is 1.13. The van der Waals surface area contributed by atoms with Crippen molar-refractivity contribution in [3.05, 3.63) is 32.4 Å². The maximum atomic E-state index is 9.18. The van der Waals surface area contributed by atoms with Crippen LogP contribution in [-0.4, -0.2) is 18.1 Å². The fraction of sp³-hybridized carbons (Fsp3) is 0.182. The van der Waals surface area contributed by atoms with Crippen LogP contribution in [0.3, 0.4) is 0 Å². The summed E-state index contributed by atoms with van der Waals surface area (Å²) in [6.45, 7) is 2.66. The summed E-state index contributed by atoms with van der Waals surface area (Å²) in [7, 11) is 0. The highest BCUT2D eigenvalue weighted by atomic mass is 127. The number of halogens is 2. The van der Waals surface area contributed by atoms with Crippen LogP contribution in [0.5, 0.6) is 0 Å². The second kappa shape index (κ2) is 6.90. The van der Waals surface area contributed by atoms with E-state index < -0.39 is 0 Å². The standard InChI is InChI=1S/C8H5BrIN.C3H6O2/c9-5-1-2-8-6(3-5)7(10)4-11-8;1-2-5-3-4/h1-4,11H;3H,2H2,1H3. The van der Waals surface area contributed by atoms with Gasteiger partial charge in [0.05, 0.1) is 6.61 Å². The number of carbonyl (C=O) groups is 1. The molecule has 0 bridgehead atoms. The second-order valence-electron chi connectivity index (χ2n) is 2.88. The summed E-state index contributed by atoms with van der Waals surface area (Å²) in [5.74, 6) is 0. The SMILES string of the molecule is Brc1ccc2[nH]cc(I)c2c1.CCOC=O. The number of H-pyrrole nitrogens is 1. The molecule has 0 unspecified atom stereocenters. The van der Waals surface area contributed by atoms with E-state index in [0.717, 1.165) is 4.47 Å². The van der Waals surface area contributed by atoms with Gasteiger partial charge in [-0.15, -0.1) is 0 Å². The fourth-order valence-corrected chi connectivity index (χ4v) is 2.09. The molecule has 1 heterocycles. The molecule has 0 saturated carbocycles. The van der Waals surface area contributed by atoms with E-state index in [1.807, 2.05) is 12.3 Å². The third-order valence-corrected chi connectivity index (χ3v) is 3.21. The monoisotopic (exact) mass is 395 g/mol. The van der Waals surface area contributed by atoms with Crippen LogP contribution >= 0.6 is 38.5 Å². The van der Waals surface area contributed by atoms with E-state index in [2.05, 4.69) is 60.4 Å². The molecule has 3 nitrogen and oxygen atoms in total. The Bertz CT molecular complexity index is 470. The summed E-state index contributed by atoms with van der Waals surface area (Å²) in [6.07, 6.45) is 2.01. The van der Waals surface area contributed by atoms with E-state index in [0.29, 0.717) is 13.1 Å². The van der Waals surface area contributed by atoms with Crippen LogP contribution in [0.25, 0.3) is 10.9 Å². The molecular weight excluding hydrogens is 385 g/mol. The molecule has 0 radical (unpaired) electrons. The Balaban J connectivity index is 0.000000221. The number of ether oxygens (including phenoxy) is 1. The average Bonchev–Trinajstić information content (AvgIpc) is 2.63. The second-order valence-corrected chi connectivity index (χ2v) is 4.96. The van der Waals surface area contributed by atoms with E-state index in [4.69, 9.17) is 0 Å². The number of hydrogen-bond acceptors (Lipinski definition) is 2. The predicted molar refractivity (Wildman–Crippen MR) is 76.4 cm³/mol. The van der Waals surface area contributed by atoms with Crippen molar-refractivity contribution >= 4 is 55.9 Å². The summed E-state index contributed by atoms with van der Waals surface area (Å²) in [5, 5.41) is 1.28. The maximum Gasteiger partial charge on any atom is 0.293 e. The highest BCUT2D eigenvalue weighted by Gasteiger charge is 1.99. The smallest absolute Gasteiger partial charge is 0.293 e. The molecule has 0 amide bonds. The molecular formula is C11H11BrINO2. The van der Waals surface area contributed by atoms with Gasteiger partial charge in [-0.05, 0) is 47.7 Å². The van der Waals surface area contributed by atoms with Crippen LogP contribution in [0, 0.1) is 3.57 Å². The van der Waals surface area contributed by atoms with Crippen molar-refractivity contribution < 1.29 is 9.53 Å². The van der Waals surface area contributed by atoms with Crippen LogP contribution in [0.2, 0.25) is 0 Å². The molecule has 86 valence electrons. The molecule has 1 N–H and O–H groups in total. The van der Waals surface area contributed by atoms with Crippen LogP contribution in [0.4, 0.5) is 0 Å². The predicted octanol–water partition coefficient (Wildman–Crippen LogP) is 3.71. The van der Waals surface area contributed by atoms with Gasteiger partial charge in [-0.3, -0.25) is 4.79 Å². The lowest BCUT2D eigenvalue weighted by Gasteiger charge is -1.90. The summed E-state index contributed by atoms with van der Waals surface area (Å²) >= 11 is 5.75. The van der Waals surface area contributed by atoms with Crippen molar-refractivity contribution in [2.24, 2.45) is 0 Å². The molecule has 2 aromatic rings. The largest absolute Gasteiger partial charge is 0.468 e. The zero-order chi connectivity index (χ0) is 12.0. The number of rotatable bonds is 2. The zero-order valence-electron chi connectivity index (χ0n) is 8.67. The lowest BCUT2D eigenvalue weighted by atomic mass is 10.3. The van der Waals surface area contributed by atoms with Crippen molar-refractivity contribution in [2.75, 3.05) is 6.61 Å². The Morgan fingerprint density at radius 1 is 1.56 bits per heavy atom. The van der Waals surface area contributed by atoms with Gasteiger partial charge in [-0.25, -0.2) is 0 Å². The lowest BCUT2D eigenvalue weighted by molar-refractivity contribution is -0.128. The van der Waals surface area contributed by atoms with E-state index in [9.17, 15) is 4.79 Å². The molecule has 2 rings (SSSR count). The topological polar surface area (TPSA) is 42.1 Å². The Kier molecular flexibility index (Phi) is 5.83. The number of nitrogens with one attached hydrogen (secondary N) is 1. The molecule has 16 heavy (non-hydrogen) atoms. The Morgan fingerprint density at radius 2 is 2.31 bits per heavy atom. The van der Waals surface area contributed by atoms with Crippen LogP contribution in [-0.2, 0) is 9.53 Å². The quantitative estimate of drug-likeness (QED) is 0.622. The van der Waals surface area contributed by atoms with E-state index in [1.54, 1.807) is 6.92 Å². The van der Waals surface area contributed by atoms with Crippen LogP contribution in [0.1, 0.15) is 6.92 Å². The molecule has 0 aliphatic carbocycles. The summed E-state index contributed by atoms with van der Waals surface area (Å²) in [5.41, 5.74) is 1.19. The molecule has 0 fully saturated rings. The Morgan fingerprint density at radius 3 is 2.88 bits per heavy atom. The summed E-state index contributed by atoms with van der Waals surface area (Å²) < 4.78 is 6.54. The first-order valence-corrected chi connectivity index (χ1v) is 6.53. The molecule has 0 spiro atoms. The number of aromatic amines is 1. The van der Waals surface area contributed by atoms with Crippen LogP contribution in [0.15, 0.2) is 28.9 Å². The van der Waals surface area contributed by atoms with Gasteiger partial charge in [0.25, 0.3) is 6.47 Å². The molecule has 1 aromatic heterocycles. The van der Waals surface area contributed by atoms with Crippen LogP contribution < -0.4 is 0 Å². The van der Waals surface area contributed by atoms with Crippen molar-refractivity contribution in [3.8, 4) is 0 Å². The summed E-state index contributed by atoms with van der Waals surface area (Å²) in [4.78, 5) is 12.4. The van der Waals surface area contributed by atoms with Gasteiger partial charge in [-0.2, -0.15) is 0 Å². The first-order valence-electron chi connectivity index (χ1n) is 4.66. The molecule has 0 atom stereocenters. The number of aromatic nitrogens is 1. The van der Waals surface area contributed by atoms with Crippen molar-refractivity contribution in [2.45, 2.75) is 6.92 Å². The highest BCUT2D eigenvalue weighted by Crippen LogP contribution is 2.23. The normalized spacial score (nSPS) is 9.44. The van der Waals surface area contributed by atoms with Gasteiger partial charge in [0, 0.05) is 25.1 Å². The Labute approximate surface area is 116 Å². The molecule has 0 saturated heterocycles. The average molecular weight is 396 g/mol. The first-order chi connectivity index (χ1) is 7.69. The van der Waals surface area contributed by atoms with E-state index in [-0.39, 0.29) is 0 Å². The minimum atomic E-state index is 0.431. The van der Waals surface area contributed by atoms with Gasteiger partial charge in [0.1, 0.15) is 0 Å². The third kappa shape index (κ3) is 3.79. The number of fused-ring (bicyclic) bond motifs is 1. The molecule has 1 aromatic carbocycles. The summed E-state index contributed by atoms with van der Waals surface area (Å²) in [6, 6.07) is 6.23. The van der Waals surface area contributed by atoms with Crippen molar-refractivity contribution in [1.82, 2.24) is 4.98 Å². The van der Waals surface area contributed by atoms with Gasteiger partial charge >= 0.3 is 0 Å². The zero-order valence-corrected chi connectivity index (χ0v) is 12.4. The number of hydrogen-bond donors (Lipinski definition) is 1. The number of carbonyl (C=O) groups excluding carboxylic acids is 1. The third-order valence-electron chi connectivity index (χ3n) is 1.83. The maximum absolute atomic E-state index is 9.18. The van der Waals surface area contributed by atoms with Gasteiger partial charge in [-0.1, -0.05) is 15.9 Å². The molecule has 0 aliphatic heterocycles. The van der Waals surface area contributed by atoms with E-state index in [1.165, 1.54) is 14.5 Å². The molecule has 0 aliphatic rings. The van der Waals surface area contributed by atoms with Crippen molar-refractivity contribution in [3.63, 3.8) is 0 Å². The van der Waals surface area contributed by atoms with Gasteiger partial charge in [0.2, 0.25) is 0 Å². The minimum absolute atomic E-state index is 0.431. The van der Waals surface area contributed by atoms with Crippen molar-refractivity contribution in [1.29, 1.82) is 0 Å². The minimum Gasteiger partial charge on any atom is -0.468 e. The Hall–Kier alpha value is -0.560. The van der Waals surface area contributed by atoms with Gasteiger partial charge in [0.15, 0.2) is 0 Å². The molecule has 5 heteroatoms. The van der Waals surface area contributed by atoms with Gasteiger partial charge < -0.3 is 9.72 Å². The number of benzene rings is 1. The highest BCUT2D eigenvalue weighted by molar-refractivity contribution is 14.1. The van der Waals surface area contributed by atoms with E-state index >= 15 is 0 Å².